The SMILES string of the molecule is C1=CC2C=C3SCC=C3C=C2O1. The summed E-state index contributed by atoms with van der Waals surface area (Å²) in [6.07, 6.45) is 10.6. The molecule has 1 aliphatic carbocycles. The highest BCUT2D eigenvalue weighted by Gasteiger charge is 2.24. The van der Waals surface area contributed by atoms with E-state index in [2.05, 4.69) is 24.3 Å². The minimum Gasteiger partial charge on any atom is -0.469 e. The lowest BCUT2D eigenvalue weighted by Crippen LogP contribution is -2.00. The molecule has 12 heavy (non-hydrogen) atoms. The minimum absolute atomic E-state index is 0.405. The van der Waals surface area contributed by atoms with Crippen LogP contribution in [0.1, 0.15) is 0 Å². The van der Waals surface area contributed by atoms with Crippen LogP contribution in [0.4, 0.5) is 0 Å². The summed E-state index contributed by atoms with van der Waals surface area (Å²) in [5, 5.41) is 0. The van der Waals surface area contributed by atoms with Crippen LogP contribution in [0.15, 0.2) is 46.8 Å². The first-order chi connectivity index (χ1) is 5.93. The summed E-state index contributed by atoms with van der Waals surface area (Å²) in [5.74, 6) is 2.59. The molecule has 0 spiro atoms. The van der Waals surface area contributed by atoms with Crippen molar-refractivity contribution in [2.75, 3.05) is 5.75 Å². The van der Waals surface area contributed by atoms with Crippen molar-refractivity contribution >= 4 is 11.8 Å². The molecule has 2 aliphatic heterocycles. The Hall–Kier alpha value is -0.890. The third-order valence-corrected chi connectivity index (χ3v) is 3.29. The van der Waals surface area contributed by atoms with Crippen LogP contribution in [-0.4, -0.2) is 5.75 Å². The molecule has 0 saturated heterocycles. The van der Waals surface area contributed by atoms with E-state index in [4.69, 9.17) is 4.74 Å². The fraction of sp³-hybridized carbons (Fsp3) is 0.200. The summed E-state index contributed by atoms with van der Waals surface area (Å²) in [4.78, 5) is 1.42. The zero-order valence-electron chi connectivity index (χ0n) is 6.49. The lowest BCUT2D eigenvalue weighted by molar-refractivity contribution is 0.352. The molecule has 0 amide bonds. The Morgan fingerprint density at radius 2 is 2.50 bits per heavy atom. The van der Waals surface area contributed by atoms with Crippen LogP contribution < -0.4 is 0 Å². The molecule has 0 bridgehead atoms. The third-order valence-electron chi connectivity index (χ3n) is 2.27. The number of ether oxygens (including phenoxy) is 1. The molecule has 2 heterocycles. The first-order valence-corrected chi connectivity index (χ1v) is 5.02. The molecule has 60 valence electrons. The highest BCUT2D eigenvalue weighted by atomic mass is 32.2. The zero-order chi connectivity index (χ0) is 7.97. The van der Waals surface area contributed by atoms with Crippen LogP contribution in [0.2, 0.25) is 0 Å². The van der Waals surface area contributed by atoms with Crippen molar-refractivity contribution in [3.05, 3.63) is 46.8 Å². The first kappa shape index (κ1) is 6.61. The van der Waals surface area contributed by atoms with E-state index in [0.29, 0.717) is 5.92 Å². The summed E-state index contributed by atoms with van der Waals surface area (Å²) < 4.78 is 5.35. The number of hydrogen-bond donors (Lipinski definition) is 0. The molecule has 0 aromatic carbocycles. The van der Waals surface area contributed by atoms with Gasteiger partial charge in [0.25, 0.3) is 0 Å². The Balaban J connectivity index is 2.08. The second kappa shape index (κ2) is 2.30. The van der Waals surface area contributed by atoms with Crippen LogP contribution in [0.3, 0.4) is 0 Å². The predicted octanol–water partition coefficient (Wildman–Crippen LogP) is 2.60. The molecule has 0 aromatic rings. The summed E-state index contributed by atoms with van der Waals surface area (Å²) in [6, 6.07) is 0. The summed E-state index contributed by atoms with van der Waals surface area (Å²) in [6.45, 7) is 0. The monoisotopic (exact) mass is 176 g/mol. The molecule has 0 saturated carbocycles. The van der Waals surface area contributed by atoms with Crippen molar-refractivity contribution in [2.45, 2.75) is 0 Å². The van der Waals surface area contributed by atoms with Crippen LogP contribution >= 0.6 is 11.8 Å². The topological polar surface area (TPSA) is 9.23 Å². The molecule has 0 fully saturated rings. The van der Waals surface area contributed by atoms with Crippen LogP contribution in [0, 0.1) is 5.92 Å². The average molecular weight is 176 g/mol. The van der Waals surface area contributed by atoms with Crippen molar-refractivity contribution in [1.29, 1.82) is 0 Å². The predicted molar refractivity (Wildman–Crippen MR) is 50.4 cm³/mol. The van der Waals surface area contributed by atoms with E-state index in [-0.39, 0.29) is 0 Å². The van der Waals surface area contributed by atoms with Gasteiger partial charge in [0.15, 0.2) is 0 Å². The molecule has 0 aromatic heterocycles. The summed E-state index contributed by atoms with van der Waals surface area (Å²) in [7, 11) is 0. The first-order valence-electron chi connectivity index (χ1n) is 4.03. The average Bonchev–Trinajstić information content (AvgIpc) is 2.64. The highest BCUT2D eigenvalue weighted by Crippen LogP contribution is 2.40. The van der Waals surface area contributed by atoms with E-state index in [1.54, 1.807) is 6.26 Å². The molecule has 0 N–H and O–H groups in total. The van der Waals surface area contributed by atoms with Crippen LogP contribution in [0.5, 0.6) is 0 Å². The number of hydrogen-bond acceptors (Lipinski definition) is 2. The van der Waals surface area contributed by atoms with Crippen molar-refractivity contribution < 1.29 is 4.74 Å². The Morgan fingerprint density at radius 3 is 3.50 bits per heavy atom. The molecule has 2 heteroatoms. The molecule has 3 rings (SSSR count). The largest absolute Gasteiger partial charge is 0.469 e. The van der Waals surface area contributed by atoms with Crippen LogP contribution in [-0.2, 0) is 4.74 Å². The van der Waals surface area contributed by atoms with Crippen molar-refractivity contribution in [1.82, 2.24) is 0 Å². The Bertz CT molecular complexity index is 347. The van der Waals surface area contributed by atoms with E-state index >= 15 is 0 Å². The second-order valence-electron chi connectivity index (χ2n) is 3.02. The number of allylic oxidation sites excluding steroid dienone is 3. The van der Waals surface area contributed by atoms with Crippen molar-refractivity contribution in [3.8, 4) is 0 Å². The van der Waals surface area contributed by atoms with Crippen LogP contribution in [0.25, 0.3) is 0 Å². The molecule has 0 radical (unpaired) electrons. The smallest absolute Gasteiger partial charge is 0.115 e. The number of thioether (sulfide) groups is 1. The maximum Gasteiger partial charge on any atom is 0.115 e. The lowest BCUT2D eigenvalue weighted by Gasteiger charge is -2.13. The summed E-state index contributed by atoms with van der Waals surface area (Å²) in [5.41, 5.74) is 1.34. The van der Waals surface area contributed by atoms with Gasteiger partial charge in [0.05, 0.1) is 12.2 Å². The minimum atomic E-state index is 0.405. The summed E-state index contributed by atoms with van der Waals surface area (Å²) >= 11 is 1.91. The normalized spacial score (nSPS) is 30.0. The second-order valence-corrected chi connectivity index (χ2v) is 4.08. The van der Waals surface area contributed by atoms with Gasteiger partial charge in [-0.15, -0.1) is 11.8 Å². The van der Waals surface area contributed by atoms with E-state index in [0.717, 1.165) is 11.5 Å². The fourth-order valence-electron chi connectivity index (χ4n) is 1.64. The van der Waals surface area contributed by atoms with Gasteiger partial charge in [0.1, 0.15) is 5.76 Å². The maximum absolute atomic E-state index is 5.35. The Morgan fingerprint density at radius 1 is 1.50 bits per heavy atom. The molecular formula is C10H8OS. The lowest BCUT2D eigenvalue weighted by atomic mass is 9.99. The van der Waals surface area contributed by atoms with Crippen molar-refractivity contribution in [2.24, 2.45) is 5.92 Å². The van der Waals surface area contributed by atoms with Gasteiger partial charge < -0.3 is 4.74 Å². The van der Waals surface area contributed by atoms with Gasteiger partial charge in [-0.2, -0.15) is 0 Å². The molecule has 1 unspecified atom stereocenters. The molecule has 3 aliphatic rings. The van der Waals surface area contributed by atoms with Gasteiger partial charge in [0.2, 0.25) is 0 Å². The third kappa shape index (κ3) is 0.815. The van der Waals surface area contributed by atoms with E-state index in [1.807, 2.05) is 11.8 Å². The van der Waals surface area contributed by atoms with Gasteiger partial charge in [0, 0.05) is 10.7 Å². The van der Waals surface area contributed by atoms with Gasteiger partial charge in [-0.1, -0.05) is 12.2 Å². The molecule has 1 nitrogen and oxygen atoms in total. The molecule has 1 atom stereocenters. The highest BCUT2D eigenvalue weighted by molar-refractivity contribution is 8.03. The van der Waals surface area contributed by atoms with Crippen molar-refractivity contribution in [3.63, 3.8) is 0 Å². The van der Waals surface area contributed by atoms with E-state index in [9.17, 15) is 0 Å². The Labute approximate surface area is 75.5 Å². The van der Waals surface area contributed by atoms with E-state index in [1.165, 1.54) is 10.5 Å². The van der Waals surface area contributed by atoms with Gasteiger partial charge in [-0.25, -0.2) is 0 Å². The number of fused-ring (bicyclic) bond motifs is 2. The standard InChI is InChI=1S/C10H8OS/c1-3-11-9-5-8-2-4-12-10(8)6-7(1)9/h1-3,5-7H,4H2. The number of rotatable bonds is 0. The quantitative estimate of drug-likeness (QED) is 0.561. The Kier molecular flexibility index (Phi) is 1.27. The zero-order valence-corrected chi connectivity index (χ0v) is 7.30. The maximum atomic E-state index is 5.35. The van der Waals surface area contributed by atoms with Gasteiger partial charge in [-0.05, 0) is 17.7 Å². The fourth-order valence-corrected chi connectivity index (χ4v) is 2.63. The molecular weight excluding hydrogens is 168 g/mol. The van der Waals surface area contributed by atoms with Gasteiger partial charge in [-0.3, -0.25) is 0 Å². The van der Waals surface area contributed by atoms with E-state index < -0.39 is 0 Å². The van der Waals surface area contributed by atoms with Gasteiger partial charge >= 0.3 is 0 Å².